The molecular formula is C15H9Cl3N4O. The van der Waals surface area contributed by atoms with Gasteiger partial charge in [0, 0.05) is 15.8 Å². The quantitative estimate of drug-likeness (QED) is 0.793. The Balaban J connectivity index is 2.00. The number of aliphatic imine (C=N–C) groups is 1. The number of carbonyl (C=O) groups excluding carboxylic acids is 1. The van der Waals surface area contributed by atoms with Gasteiger partial charge in [0.1, 0.15) is 11.6 Å². The SMILES string of the molecule is CC1=Nc2c(C#N)c(Cl)nn2C(=O)C1Cc1ccc(Cl)cc1Cl. The van der Waals surface area contributed by atoms with Gasteiger partial charge < -0.3 is 0 Å². The Bertz CT molecular complexity index is 895. The molecule has 1 aromatic heterocycles. The van der Waals surface area contributed by atoms with Crippen molar-refractivity contribution in [1.82, 2.24) is 9.78 Å². The van der Waals surface area contributed by atoms with Gasteiger partial charge in [-0.25, -0.2) is 4.99 Å². The number of aromatic nitrogens is 2. The van der Waals surface area contributed by atoms with Gasteiger partial charge >= 0.3 is 0 Å². The molecule has 1 aromatic carbocycles. The first-order valence-electron chi connectivity index (χ1n) is 6.64. The van der Waals surface area contributed by atoms with Crippen molar-refractivity contribution in [2.45, 2.75) is 13.3 Å². The fourth-order valence-corrected chi connectivity index (χ4v) is 3.14. The summed E-state index contributed by atoms with van der Waals surface area (Å²) < 4.78 is 1.09. The first kappa shape index (κ1) is 16.0. The lowest BCUT2D eigenvalue weighted by Crippen LogP contribution is -2.33. The third kappa shape index (κ3) is 2.74. The largest absolute Gasteiger partial charge is 0.272 e. The molecule has 0 fully saturated rings. The van der Waals surface area contributed by atoms with E-state index in [4.69, 9.17) is 40.1 Å². The van der Waals surface area contributed by atoms with Gasteiger partial charge in [0.2, 0.25) is 0 Å². The average Bonchev–Trinajstić information content (AvgIpc) is 2.81. The monoisotopic (exact) mass is 366 g/mol. The molecule has 3 rings (SSSR count). The molecule has 5 nitrogen and oxygen atoms in total. The standard InChI is InChI=1S/C15H9Cl3N4O/c1-7-10(4-8-2-3-9(16)5-12(8)17)15(23)22-14(20-7)11(6-19)13(18)21-22/h2-3,5,10H,4H2,1H3. The van der Waals surface area contributed by atoms with Crippen molar-refractivity contribution in [3.05, 3.63) is 44.5 Å². The van der Waals surface area contributed by atoms with Crippen molar-refractivity contribution in [1.29, 1.82) is 5.26 Å². The molecule has 1 aliphatic heterocycles. The molecule has 2 aromatic rings. The van der Waals surface area contributed by atoms with Gasteiger partial charge in [0.15, 0.2) is 11.0 Å². The van der Waals surface area contributed by atoms with E-state index < -0.39 is 5.92 Å². The molecule has 0 spiro atoms. The lowest BCUT2D eigenvalue weighted by molar-refractivity contribution is 0.0852. The van der Waals surface area contributed by atoms with Gasteiger partial charge in [0.25, 0.3) is 5.91 Å². The Morgan fingerprint density at radius 1 is 1.35 bits per heavy atom. The fraction of sp³-hybridized carbons (Fsp3) is 0.200. The van der Waals surface area contributed by atoms with Crippen LogP contribution in [-0.2, 0) is 6.42 Å². The zero-order valence-electron chi connectivity index (χ0n) is 11.8. The number of nitrogens with zero attached hydrogens (tertiary/aromatic N) is 4. The minimum absolute atomic E-state index is 0.0300. The van der Waals surface area contributed by atoms with Crippen LogP contribution in [0.2, 0.25) is 15.2 Å². The van der Waals surface area contributed by atoms with Crippen LogP contribution >= 0.6 is 34.8 Å². The molecule has 1 unspecified atom stereocenters. The summed E-state index contributed by atoms with van der Waals surface area (Å²) >= 11 is 17.9. The molecule has 0 bridgehead atoms. The second kappa shape index (κ2) is 5.97. The average molecular weight is 368 g/mol. The van der Waals surface area contributed by atoms with Gasteiger partial charge in [-0.1, -0.05) is 40.9 Å². The van der Waals surface area contributed by atoms with Crippen LogP contribution in [0.4, 0.5) is 5.82 Å². The van der Waals surface area contributed by atoms with Crippen molar-refractivity contribution in [3.63, 3.8) is 0 Å². The Morgan fingerprint density at radius 3 is 2.74 bits per heavy atom. The molecule has 116 valence electrons. The molecule has 0 amide bonds. The fourth-order valence-electron chi connectivity index (χ4n) is 2.45. The summed E-state index contributed by atoms with van der Waals surface area (Å²) in [7, 11) is 0. The van der Waals surface area contributed by atoms with Gasteiger partial charge in [-0.2, -0.15) is 9.94 Å². The zero-order chi connectivity index (χ0) is 16.7. The summed E-state index contributed by atoms with van der Waals surface area (Å²) in [6, 6.07) is 7.03. The van der Waals surface area contributed by atoms with Crippen molar-refractivity contribution < 1.29 is 4.79 Å². The molecular weight excluding hydrogens is 359 g/mol. The number of fused-ring (bicyclic) bond motifs is 1. The minimum Gasteiger partial charge on any atom is -0.272 e. The molecule has 0 N–H and O–H groups in total. The first-order valence-corrected chi connectivity index (χ1v) is 7.77. The van der Waals surface area contributed by atoms with E-state index in [1.165, 1.54) is 0 Å². The van der Waals surface area contributed by atoms with Crippen LogP contribution in [0.5, 0.6) is 0 Å². The van der Waals surface area contributed by atoms with Gasteiger partial charge in [-0.3, -0.25) is 4.79 Å². The van der Waals surface area contributed by atoms with Crippen LogP contribution in [0.3, 0.4) is 0 Å². The lowest BCUT2D eigenvalue weighted by Gasteiger charge is -2.21. The molecule has 0 aliphatic carbocycles. The highest BCUT2D eigenvalue weighted by molar-refractivity contribution is 6.35. The highest BCUT2D eigenvalue weighted by Gasteiger charge is 2.33. The molecule has 0 radical (unpaired) electrons. The smallest absolute Gasteiger partial charge is 0.258 e. The summed E-state index contributed by atoms with van der Waals surface area (Å²) in [5.74, 6) is -0.635. The molecule has 23 heavy (non-hydrogen) atoms. The summed E-state index contributed by atoms with van der Waals surface area (Å²) in [6.45, 7) is 1.73. The first-order chi connectivity index (χ1) is 10.9. The molecule has 0 saturated carbocycles. The predicted molar refractivity (Wildman–Crippen MR) is 89.0 cm³/mol. The van der Waals surface area contributed by atoms with Crippen LogP contribution in [-0.4, -0.2) is 21.4 Å². The van der Waals surface area contributed by atoms with E-state index in [0.29, 0.717) is 22.2 Å². The van der Waals surface area contributed by atoms with E-state index in [0.717, 1.165) is 10.2 Å². The van der Waals surface area contributed by atoms with Crippen molar-refractivity contribution in [2.24, 2.45) is 10.9 Å². The summed E-state index contributed by atoms with van der Waals surface area (Å²) in [6.07, 6.45) is 0.364. The van der Waals surface area contributed by atoms with Crippen molar-refractivity contribution in [3.8, 4) is 6.07 Å². The lowest BCUT2D eigenvalue weighted by atomic mass is 9.93. The third-order valence-corrected chi connectivity index (χ3v) is 4.51. The second-order valence-corrected chi connectivity index (χ2v) is 6.30. The zero-order valence-corrected chi connectivity index (χ0v) is 14.1. The second-order valence-electron chi connectivity index (χ2n) is 5.10. The van der Waals surface area contributed by atoms with Crippen LogP contribution < -0.4 is 0 Å². The topological polar surface area (TPSA) is 71.0 Å². The van der Waals surface area contributed by atoms with Crippen molar-refractivity contribution in [2.75, 3.05) is 0 Å². The number of nitriles is 1. The molecule has 0 saturated heterocycles. The maximum absolute atomic E-state index is 12.7. The molecule has 1 atom stereocenters. The number of halogens is 3. The Labute approximate surface area is 147 Å². The van der Waals surface area contributed by atoms with E-state index in [1.807, 2.05) is 6.07 Å². The highest BCUT2D eigenvalue weighted by Crippen LogP contribution is 2.33. The maximum atomic E-state index is 12.7. The Morgan fingerprint density at radius 2 is 2.09 bits per heavy atom. The Hall–Kier alpha value is -1.87. The number of carbonyl (C=O) groups is 1. The summed E-state index contributed by atoms with van der Waals surface area (Å²) in [5.41, 5.74) is 1.47. The van der Waals surface area contributed by atoms with Gasteiger partial charge in [0.05, 0.1) is 5.92 Å². The highest BCUT2D eigenvalue weighted by atomic mass is 35.5. The third-order valence-electron chi connectivity index (χ3n) is 3.66. The molecule has 2 heterocycles. The van der Waals surface area contributed by atoms with E-state index in [2.05, 4.69) is 10.1 Å². The van der Waals surface area contributed by atoms with E-state index in [-0.39, 0.29) is 22.4 Å². The van der Waals surface area contributed by atoms with Gasteiger partial charge in [-0.05, 0) is 31.0 Å². The maximum Gasteiger partial charge on any atom is 0.258 e. The number of hydrogen-bond donors (Lipinski definition) is 0. The minimum atomic E-state index is -0.524. The van der Waals surface area contributed by atoms with Crippen LogP contribution in [0.25, 0.3) is 0 Å². The molecule has 8 heteroatoms. The van der Waals surface area contributed by atoms with Gasteiger partial charge in [-0.15, -0.1) is 5.10 Å². The number of benzene rings is 1. The van der Waals surface area contributed by atoms with E-state index in [9.17, 15) is 4.79 Å². The van der Waals surface area contributed by atoms with Crippen molar-refractivity contribution >= 4 is 52.2 Å². The van der Waals surface area contributed by atoms with Crippen LogP contribution in [0.15, 0.2) is 23.2 Å². The Kier molecular flexibility index (Phi) is 4.15. The van der Waals surface area contributed by atoms with E-state index >= 15 is 0 Å². The summed E-state index contributed by atoms with van der Waals surface area (Å²) in [4.78, 5) is 17.0. The van der Waals surface area contributed by atoms with Crippen LogP contribution in [0.1, 0.15) is 22.8 Å². The normalized spacial score (nSPS) is 16.7. The number of hydrogen-bond acceptors (Lipinski definition) is 4. The summed E-state index contributed by atoms with van der Waals surface area (Å²) in [5, 5.41) is 14.0. The number of rotatable bonds is 2. The molecule has 1 aliphatic rings. The predicted octanol–water partition coefficient (Wildman–Crippen LogP) is 4.32. The van der Waals surface area contributed by atoms with E-state index in [1.54, 1.807) is 25.1 Å². The van der Waals surface area contributed by atoms with Crippen LogP contribution in [0, 0.1) is 17.2 Å².